The number of carbonyl (C=O) groups excluding carboxylic acids is 2. The quantitative estimate of drug-likeness (QED) is 0.799. The Labute approximate surface area is 160 Å². The third-order valence-electron chi connectivity index (χ3n) is 5.58. The van der Waals surface area contributed by atoms with Crippen LogP contribution in [0.15, 0.2) is 29.8 Å². The van der Waals surface area contributed by atoms with Crippen molar-refractivity contribution in [3.05, 3.63) is 41.0 Å². The molecule has 3 aliphatic rings. The average Bonchev–Trinajstić information content (AvgIpc) is 3.02. The predicted molar refractivity (Wildman–Crippen MR) is 102 cm³/mol. The number of hydrogen-bond donors (Lipinski definition) is 0. The number of allylic oxidation sites excluding steroid dienone is 1. The summed E-state index contributed by atoms with van der Waals surface area (Å²) >= 11 is 0. The van der Waals surface area contributed by atoms with E-state index < -0.39 is 5.60 Å². The maximum atomic E-state index is 13.2. The Morgan fingerprint density at radius 2 is 1.78 bits per heavy atom. The Bertz CT molecular complexity index is 778. The number of carbonyl (C=O) groups is 2. The number of ketones is 1. The molecule has 2 aliphatic heterocycles. The highest BCUT2D eigenvalue weighted by molar-refractivity contribution is 6.03. The molecule has 1 aliphatic carbocycles. The zero-order valence-electron chi connectivity index (χ0n) is 16.2. The van der Waals surface area contributed by atoms with E-state index in [9.17, 15) is 9.59 Å². The molecule has 1 amide bonds. The van der Waals surface area contributed by atoms with Gasteiger partial charge in [-0.3, -0.25) is 9.69 Å². The van der Waals surface area contributed by atoms with Crippen molar-refractivity contribution >= 4 is 18.0 Å². The van der Waals surface area contributed by atoms with Gasteiger partial charge in [0, 0.05) is 17.9 Å². The number of amides is 1. The lowest BCUT2D eigenvalue weighted by atomic mass is 9.80. The summed E-state index contributed by atoms with van der Waals surface area (Å²) in [6.07, 6.45) is 3.74. The highest BCUT2D eigenvalue weighted by atomic mass is 16.6. The number of fused-ring (bicyclic) bond motifs is 3. The van der Waals surface area contributed by atoms with Crippen LogP contribution in [0.4, 0.5) is 4.79 Å². The van der Waals surface area contributed by atoms with Gasteiger partial charge in [0.25, 0.3) is 0 Å². The van der Waals surface area contributed by atoms with Gasteiger partial charge < -0.3 is 9.47 Å². The van der Waals surface area contributed by atoms with Gasteiger partial charge in [-0.05, 0) is 50.8 Å². The fraction of sp³-hybridized carbons (Fsp3) is 0.545. The van der Waals surface area contributed by atoms with Crippen molar-refractivity contribution in [1.82, 2.24) is 4.90 Å². The van der Waals surface area contributed by atoms with Gasteiger partial charge in [-0.1, -0.05) is 24.3 Å². The zero-order valence-corrected chi connectivity index (χ0v) is 16.2. The number of benzene rings is 1. The Kier molecular flexibility index (Phi) is 4.58. The number of hydrogen-bond acceptors (Lipinski definition) is 4. The molecule has 5 nitrogen and oxygen atoms in total. The van der Waals surface area contributed by atoms with E-state index in [0.717, 1.165) is 11.1 Å². The van der Waals surface area contributed by atoms with E-state index in [1.165, 1.54) is 5.56 Å². The summed E-state index contributed by atoms with van der Waals surface area (Å²) in [7, 11) is 0. The third-order valence-corrected chi connectivity index (χ3v) is 5.58. The lowest BCUT2D eigenvalue weighted by Crippen LogP contribution is -2.60. The molecular weight excluding hydrogens is 342 g/mol. The smallest absolute Gasteiger partial charge is 0.410 e. The lowest BCUT2D eigenvalue weighted by molar-refractivity contribution is -0.128. The molecule has 4 rings (SSSR count). The third kappa shape index (κ3) is 3.65. The van der Waals surface area contributed by atoms with Crippen molar-refractivity contribution in [3.63, 3.8) is 0 Å². The van der Waals surface area contributed by atoms with Crippen LogP contribution in [0.2, 0.25) is 0 Å². The van der Waals surface area contributed by atoms with Crippen molar-refractivity contribution in [2.45, 2.75) is 57.7 Å². The van der Waals surface area contributed by atoms with Crippen molar-refractivity contribution in [3.8, 4) is 0 Å². The Hall–Kier alpha value is -2.14. The molecule has 1 aromatic rings. The first-order valence-electron chi connectivity index (χ1n) is 9.73. The average molecular weight is 369 g/mol. The van der Waals surface area contributed by atoms with E-state index in [0.29, 0.717) is 32.5 Å². The molecule has 0 radical (unpaired) electrons. The van der Waals surface area contributed by atoms with Gasteiger partial charge >= 0.3 is 6.09 Å². The zero-order chi connectivity index (χ0) is 19.2. The molecule has 0 spiro atoms. The molecule has 2 unspecified atom stereocenters. The molecule has 144 valence electrons. The van der Waals surface area contributed by atoms with E-state index >= 15 is 0 Å². The second-order valence-corrected chi connectivity index (χ2v) is 8.81. The van der Waals surface area contributed by atoms with Crippen LogP contribution in [-0.2, 0) is 20.7 Å². The molecule has 0 aromatic heterocycles. The Morgan fingerprint density at radius 3 is 2.41 bits per heavy atom. The van der Waals surface area contributed by atoms with Crippen LogP contribution < -0.4 is 0 Å². The SMILES string of the molecule is CC(C)(C)OC(=O)N1C2COCC1CC(C(=O)C1=Cc3ccccc3C1)C2. The molecule has 5 heteroatoms. The van der Waals surface area contributed by atoms with Crippen molar-refractivity contribution < 1.29 is 19.1 Å². The largest absolute Gasteiger partial charge is 0.444 e. The summed E-state index contributed by atoms with van der Waals surface area (Å²) < 4.78 is 11.3. The first-order chi connectivity index (χ1) is 12.8. The summed E-state index contributed by atoms with van der Waals surface area (Å²) in [6.45, 7) is 6.56. The van der Waals surface area contributed by atoms with Gasteiger partial charge in [0.2, 0.25) is 0 Å². The fourth-order valence-corrected chi connectivity index (χ4v) is 4.44. The minimum atomic E-state index is -0.528. The van der Waals surface area contributed by atoms with Crippen LogP contribution in [0, 0.1) is 5.92 Å². The fourth-order valence-electron chi connectivity index (χ4n) is 4.44. The first-order valence-corrected chi connectivity index (χ1v) is 9.73. The van der Waals surface area contributed by atoms with Crippen LogP contribution in [0.25, 0.3) is 6.08 Å². The number of morpholine rings is 1. The van der Waals surface area contributed by atoms with E-state index in [2.05, 4.69) is 12.1 Å². The van der Waals surface area contributed by atoms with E-state index in [4.69, 9.17) is 9.47 Å². The molecule has 0 N–H and O–H groups in total. The maximum Gasteiger partial charge on any atom is 0.410 e. The predicted octanol–water partition coefficient (Wildman–Crippen LogP) is 3.61. The number of nitrogens with zero attached hydrogens (tertiary/aromatic N) is 1. The number of Topliss-reactive ketones (excluding diaryl/α,β-unsaturated/α-hetero) is 1. The second kappa shape index (κ2) is 6.79. The van der Waals surface area contributed by atoms with Gasteiger partial charge in [-0.15, -0.1) is 0 Å². The Balaban J connectivity index is 1.47. The first kappa shape index (κ1) is 18.2. The summed E-state index contributed by atoms with van der Waals surface area (Å²) in [5, 5.41) is 0. The molecular formula is C22H27NO4. The van der Waals surface area contributed by atoms with Crippen molar-refractivity contribution in [2.75, 3.05) is 13.2 Å². The standard InChI is InChI=1S/C22H27NO4/c1-22(2,3)27-21(25)23-18-10-17(11-19(23)13-26-12-18)20(24)16-8-14-6-4-5-7-15(14)9-16/h4-8,17-19H,9-13H2,1-3H3. The topological polar surface area (TPSA) is 55.8 Å². The summed E-state index contributed by atoms with van der Waals surface area (Å²) in [4.78, 5) is 27.6. The minimum absolute atomic E-state index is 0.0526. The van der Waals surface area contributed by atoms with Crippen molar-refractivity contribution in [2.24, 2.45) is 5.92 Å². The van der Waals surface area contributed by atoms with Gasteiger partial charge in [0.05, 0.1) is 25.3 Å². The van der Waals surface area contributed by atoms with Gasteiger partial charge in [-0.25, -0.2) is 4.79 Å². The van der Waals surface area contributed by atoms with Crippen LogP contribution in [0.1, 0.15) is 44.7 Å². The molecule has 27 heavy (non-hydrogen) atoms. The van der Waals surface area contributed by atoms with Crippen molar-refractivity contribution in [1.29, 1.82) is 0 Å². The number of ether oxygens (including phenoxy) is 2. The molecule has 2 heterocycles. The minimum Gasteiger partial charge on any atom is -0.444 e. The summed E-state index contributed by atoms with van der Waals surface area (Å²) in [5.41, 5.74) is 2.73. The van der Waals surface area contributed by atoms with Gasteiger partial charge in [-0.2, -0.15) is 0 Å². The molecule has 1 aromatic carbocycles. The molecule has 2 saturated heterocycles. The van der Waals surface area contributed by atoms with Crippen LogP contribution in [0.3, 0.4) is 0 Å². The normalized spacial score (nSPS) is 27.0. The highest BCUT2D eigenvalue weighted by Crippen LogP contribution is 2.36. The molecule has 2 atom stereocenters. The number of piperidine rings is 1. The highest BCUT2D eigenvalue weighted by Gasteiger charge is 2.45. The summed E-state index contributed by atoms with van der Waals surface area (Å²) in [5.74, 6) is 0.176. The monoisotopic (exact) mass is 369 g/mol. The molecule has 2 fully saturated rings. The second-order valence-electron chi connectivity index (χ2n) is 8.81. The van der Waals surface area contributed by atoms with E-state index in [1.54, 1.807) is 0 Å². The molecule has 0 saturated carbocycles. The van der Waals surface area contributed by atoms with Crippen LogP contribution in [0.5, 0.6) is 0 Å². The summed E-state index contributed by atoms with van der Waals surface area (Å²) in [6, 6.07) is 7.98. The van der Waals surface area contributed by atoms with Crippen LogP contribution >= 0.6 is 0 Å². The van der Waals surface area contributed by atoms with E-state index in [-0.39, 0.29) is 29.9 Å². The van der Waals surface area contributed by atoms with Gasteiger partial charge in [0.1, 0.15) is 5.60 Å². The Morgan fingerprint density at radius 1 is 1.11 bits per heavy atom. The maximum absolute atomic E-state index is 13.2. The van der Waals surface area contributed by atoms with Gasteiger partial charge in [0.15, 0.2) is 5.78 Å². The van der Waals surface area contributed by atoms with Crippen LogP contribution in [-0.4, -0.2) is 47.7 Å². The number of rotatable bonds is 2. The lowest BCUT2D eigenvalue weighted by Gasteiger charge is -2.48. The van der Waals surface area contributed by atoms with E-state index in [1.807, 2.05) is 43.9 Å². The molecule has 2 bridgehead atoms.